The van der Waals surface area contributed by atoms with Crippen molar-refractivity contribution in [3.05, 3.63) is 12.7 Å². The second-order valence-corrected chi connectivity index (χ2v) is 5.00. The molecule has 6 nitrogen and oxygen atoms in total. The third kappa shape index (κ3) is 1.92. The second-order valence-electron chi connectivity index (χ2n) is 5.00. The van der Waals surface area contributed by atoms with Gasteiger partial charge in [-0.2, -0.15) is 0 Å². The van der Waals surface area contributed by atoms with Crippen molar-refractivity contribution in [1.29, 1.82) is 0 Å². The van der Waals surface area contributed by atoms with Gasteiger partial charge in [-0.25, -0.2) is 15.0 Å². The van der Waals surface area contributed by atoms with Crippen LogP contribution in [0.25, 0.3) is 11.2 Å². The van der Waals surface area contributed by atoms with Gasteiger partial charge in [-0.15, -0.1) is 0 Å². The maximum atomic E-state index is 4.42. The van der Waals surface area contributed by atoms with Gasteiger partial charge in [-0.1, -0.05) is 0 Å². The van der Waals surface area contributed by atoms with Crippen LogP contribution in [0.3, 0.4) is 0 Å². The summed E-state index contributed by atoms with van der Waals surface area (Å²) < 4.78 is 0. The van der Waals surface area contributed by atoms with E-state index in [1.54, 1.807) is 12.7 Å². The van der Waals surface area contributed by atoms with E-state index >= 15 is 0 Å². The molecule has 6 heteroatoms. The van der Waals surface area contributed by atoms with E-state index in [0.717, 1.165) is 30.1 Å². The molecule has 18 heavy (non-hydrogen) atoms. The first-order chi connectivity index (χ1) is 8.75. The SMILES string of the molecule is CN(C)C1CCCN(c2ncnc3nc[nH]c23)C1. The third-order valence-electron chi connectivity index (χ3n) is 3.63. The summed E-state index contributed by atoms with van der Waals surface area (Å²) in [5.41, 5.74) is 1.68. The molecule has 0 saturated carbocycles. The summed E-state index contributed by atoms with van der Waals surface area (Å²) in [7, 11) is 4.28. The highest BCUT2D eigenvalue weighted by Gasteiger charge is 2.24. The third-order valence-corrected chi connectivity index (χ3v) is 3.63. The zero-order valence-corrected chi connectivity index (χ0v) is 10.8. The van der Waals surface area contributed by atoms with Crippen LogP contribution in [-0.4, -0.2) is 58.1 Å². The number of fused-ring (bicyclic) bond motifs is 1. The van der Waals surface area contributed by atoms with Gasteiger partial charge in [0.25, 0.3) is 0 Å². The molecule has 3 heterocycles. The molecule has 0 spiro atoms. The summed E-state index contributed by atoms with van der Waals surface area (Å²) in [5.74, 6) is 0.976. The van der Waals surface area contributed by atoms with Crippen LogP contribution in [0.1, 0.15) is 12.8 Å². The quantitative estimate of drug-likeness (QED) is 0.852. The Balaban J connectivity index is 1.92. The van der Waals surface area contributed by atoms with Gasteiger partial charge in [0.2, 0.25) is 0 Å². The first-order valence-corrected chi connectivity index (χ1v) is 6.31. The largest absolute Gasteiger partial charge is 0.353 e. The van der Waals surface area contributed by atoms with Gasteiger partial charge in [0, 0.05) is 19.1 Å². The lowest BCUT2D eigenvalue weighted by atomic mass is 10.0. The summed E-state index contributed by atoms with van der Waals surface area (Å²) in [6.07, 6.45) is 5.72. The first-order valence-electron chi connectivity index (χ1n) is 6.31. The summed E-state index contributed by atoms with van der Waals surface area (Å²) in [5, 5.41) is 0. The fourth-order valence-corrected chi connectivity index (χ4v) is 2.56. The van der Waals surface area contributed by atoms with Crippen LogP contribution in [0, 0.1) is 0 Å². The molecule has 2 aromatic heterocycles. The number of aromatic nitrogens is 4. The Kier molecular flexibility index (Phi) is 2.87. The lowest BCUT2D eigenvalue weighted by Crippen LogP contribution is -2.45. The lowest BCUT2D eigenvalue weighted by Gasteiger charge is -2.36. The number of likely N-dealkylation sites (N-methyl/N-ethyl adjacent to an activating group) is 1. The van der Waals surface area contributed by atoms with Crippen LogP contribution in [0.2, 0.25) is 0 Å². The monoisotopic (exact) mass is 246 g/mol. The van der Waals surface area contributed by atoms with Gasteiger partial charge in [-0.3, -0.25) is 0 Å². The van der Waals surface area contributed by atoms with E-state index < -0.39 is 0 Å². The molecule has 0 amide bonds. The summed E-state index contributed by atoms with van der Waals surface area (Å²) in [6, 6.07) is 0.590. The van der Waals surface area contributed by atoms with E-state index in [-0.39, 0.29) is 0 Å². The lowest BCUT2D eigenvalue weighted by molar-refractivity contribution is 0.257. The van der Waals surface area contributed by atoms with Crippen LogP contribution >= 0.6 is 0 Å². The van der Waals surface area contributed by atoms with Crippen molar-refractivity contribution in [3.8, 4) is 0 Å². The van der Waals surface area contributed by atoms with Crippen LogP contribution in [-0.2, 0) is 0 Å². The maximum absolute atomic E-state index is 4.42. The predicted molar refractivity (Wildman–Crippen MR) is 70.6 cm³/mol. The topological polar surface area (TPSA) is 60.9 Å². The highest BCUT2D eigenvalue weighted by atomic mass is 15.3. The van der Waals surface area contributed by atoms with Gasteiger partial charge >= 0.3 is 0 Å². The van der Waals surface area contributed by atoms with Crippen LogP contribution in [0.15, 0.2) is 12.7 Å². The molecule has 0 aliphatic carbocycles. The second kappa shape index (κ2) is 4.53. The summed E-state index contributed by atoms with van der Waals surface area (Å²) >= 11 is 0. The number of hydrogen-bond donors (Lipinski definition) is 1. The highest BCUT2D eigenvalue weighted by Crippen LogP contribution is 2.24. The molecule has 0 radical (unpaired) electrons. The number of imidazole rings is 1. The summed E-state index contributed by atoms with van der Waals surface area (Å²) in [6.45, 7) is 2.06. The number of rotatable bonds is 2. The minimum Gasteiger partial charge on any atom is -0.353 e. The molecular weight excluding hydrogens is 228 g/mol. The van der Waals surface area contributed by atoms with Crippen molar-refractivity contribution < 1.29 is 0 Å². The molecule has 96 valence electrons. The van der Waals surface area contributed by atoms with Crippen molar-refractivity contribution in [2.75, 3.05) is 32.1 Å². The minimum atomic E-state index is 0.590. The molecule has 1 N–H and O–H groups in total. The fraction of sp³-hybridized carbons (Fsp3) is 0.583. The van der Waals surface area contributed by atoms with Gasteiger partial charge < -0.3 is 14.8 Å². The molecule has 0 aromatic carbocycles. The van der Waals surface area contributed by atoms with Gasteiger partial charge in [0.15, 0.2) is 11.5 Å². The Bertz CT molecular complexity index is 534. The number of hydrogen-bond acceptors (Lipinski definition) is 5. The van der Waals surface area contributed by atoms with E-state index in [1.807, 2.05) is 0 Å². The molecule has 1 aliphatic rings. The first kappa shape index (κ1) is 11.4. The van der Waals surface area contributed by atoms with Crippen molar-refractivity contribution in [3.63, 3.8) is 0 Å². The van der Waals surface area contributed by atoms with E-state index in [4.69, 9.17) is 0 Å². The minimum absolute atomic E-state index is 0.590. The van der Waals surface area contributed by atoms with Crippen molar-refractivity contribution in [2.24, 2.45) is 0 Å². The molecule has 1 fully saturated rings. The van der Waals surface area contributed by atoms with E-state index in [0.29, 0.717) is 6.04 Å². The normalized spacial score (nSPS) is 20.8. The number of H-pyrrole nitrogens is 1. The molecule has 1 saturated heterocycles. The molecule has 2 aromatic rings. The van der Waals surface area contributed by atoms with Crippen LogP contribution in [0.4, 0.5) is 5.82 Å². The number of nitrogens with zero attached hydrogens (tertiary/aromatic N) is 5. The Labute approximate surface area is 106 Å². The van der Waals surface area contributed by atoms with Gasteiger partial charge in [-0.05, 0) is 26.9 Å². The number of aromatic amines is 1. The van der Waals surface area contributed by atoms with Gasteiger partial charge in [0.1, 0.15) is 11.8 Å². The van der Waals surface area contributed by atoms with Crippen LogP contribution in [0.5, 0.6) is 0 Å². The molecule has 1 aliphatic heterocycles. The van der Waals surface area contributed by atoms with E-state index in [1.165, 1.54) is 12.8 Å². The Morgan fingerprint density at radius 1 is 1.33 bits per heavy atom. The number of nitrogens with one attached hydrogen (secondary N) is 1. The summed E-state index contributed by atoms with van der Waals surface area (Å²) in [4.78, 5) is 20.5. The molecule has 1 unspecified atom stereocenters. The predicted octanol–water partition coefficient (Wildman–Crippen LogP) is 0.883. The zero-order chi connectivity index (χ0) is 12.5. The molecule has 3 rings (SSSR count). The van der Waals surface area contributed by atoms with E-state index in [2.05, 4.69) is 43.8 Å². The number of piperidine rings is 1. The average Bonchev–Trinajstić information content (AvgIpc) is 2.87. The standard InChI is InChI=1S/C12H18N6/c1-17(2)9-4-3-5-18(6-9)12-10-11(14-7-13-10)15-8-16-12/h7-9H,3-6H2,1-2H3,(H,13,14,15,16). The van der Waals surface area contributed by atoms with E-state index in [9.17, 15) is 0 Å². The fourth-order valence-electron chi connectivity index (χ4n) is 2.56. The highest BCUT2D eigenvalue weighted by molar-refractivity contribution is 5.82. The van der Waals surface area contributed by atoms with Crippen molar-refractivity contribution >= 4 is 17.0 Å². The Morgan fingerprint density at radius 2 is 2.22 bits per heavy atom. The molecule has 0 bridgehead atoms. The number of anilines is 1. The van der Waals surface area contributed by atoms with Gasteiger partial charge in [0.05, 0.1) is 6.33 Å². The van der Waals surface area contributed by atoms with Crippen molar-refractivity contribution in [1.82, 2.24) is 24.8 Å². The smallest absolute Gasteiger partial charge is 0.182 e. The Hall–Kier alpha value is -1.69. The maximum Gasteiger partial charge on any atom is 0.182 e. The zero-order valence-electron chi connectivity index (χ0n) is 10.8. The molecule has 1 atom stereocenters. The van der Waals surface area contributed by atoms with Crippen molar-refractivity contribution in [2.45, 2.75) is 18.9 Å². The molecular formula is C12H18N6. The van der Waals surface area contributed by atoms with Crippen LogP contribution < -0.4 is 4.90 Å². The average molecular weight is 246 g/mol. The Morgan fingerprint density at radius 3 is 3.06 bits per heavy atom.